The molecule has 0 aromatic rings. The minimum Gasteiger partial charge on any atom is -0.462 e. The fraction of sp³-hybridized carbons (Fsp3) is 0.935. The van der Waals surface area contributed by atoms with Gasteiger partial charge in [0.15, 0.2) is 6.10 Å². The Morgan fingerprint density at radius 2 is 0.398 bits per heavy atom. The van der Waals surface area contributed by atoms with Crippen molar-refractivity contribution in [2.45, 2.75) is 451 Å². The van der Waals surface area contributed by atoms with Crippen molar-refractivity contribution in [1.82, 2.24) is 0 Å². The third-order valence-corrected chi connectivity index (χ3v) is 17.8. The molecule has 83 heavy (non-hydrogen) atoms. The predicted octanol–water partition coefficient (Wildman–Crippen LogP) is 26.3. The maximum absolute atomic E-state index is 13.0. The van der Waals surface area contributed by atoms with Crippen LogP contribution in [0.4, 0.5) is 0 Å². The van der Waals surface area contributed by atoms with Crippen molar-refractivity contribution in [2.24, 2.45) is 0 Å². The number of hydrogen-bond donors (Lipinski definition) is 0. The molecule has 0 saturated heterocycles. The first kappa shape index (κ1) is 81.2. The average Bonchev–Trinajstić information content (AvgIpc) is 3.49. The molecule has 0 N–H and O–H groups in total. The first-order valence-corrected chi connectivity index (χ1v) is 38.2. The molecule has 0 amide bonds. The highest BCUT2D eigenvalue weighted by molar-refractivity contribution is 5.71. The topological polar surface area (TPSA) is 78.9 Å². The molecular weight excluding hydrogens is 1020 g/mol. The Morgan fingerprint density at radius 1 is 0.229 bits per heavy atom. The first-order valence-electron chi connectivity index (χ1n) is 38.2. The lowest BCUT2D eigenvalue weighted by atomic mass is 10.0. The van der Waals surface area contributed by atoms with Gasteiger partial charge in [0.1, 0.15) is 13.2 Å². The summed E-state index contributed by atoms with van der Waals surface area (Å²) in [5, 5.41) is 0. The van der Waals surface area contributed by atoms with Crippen LogP contribution in [0.1, 0.15) is 445 Å². The van der Waals surface area contributed by atoms with Crippen molar-refractivity contribution >= 4 is 17.9 Å². The molecule has 0 spiro atoms. The minimum absolute atomic E-state index is 0.0654. The number of rotatable bonds is 72. The Labute approximate surface area is 520 Å². The third-order valence-electron chi connectivity index (χ3n) is 17.8. The van der Waals surface area contributed by atoms with Gasteiger partial charge in [-0.15, -0.1) is 0 Å². The maximum Gasteiger partial charge on any atom is 0.306 e. The Kier molecular flexibility index (Phi) is 71.0. The number of unbranched alkanes of at least 4 members (excludes halogenated alkanes) is 59. The van der Waals surface area contributed by atoms with Gasteiger partial charge in [-0.3, -0.25) is 14.4 Å². The summed E-state index contributed by atoms with van der Waals surface area (Å²) in [7, 11) is 0. The zero-order valence-electron chi connectivity index (χ0n) is 56.8. The Bertz CT molecular complexity index is 1300. The third kappa shape index (κ3) is 70.8. The van der Waals surface area contributed by atoms with Gasteiger partial charge in [-0.05, 0) is 44.9 Å². The standard InChI is InChI=1S/C77H148O6/c1-4-7-10-13-16-19-22-25-28-30-32-34-36-37-38-39-40-41-42-44-45-47-49-52-55-58-61-64-67-70-76(79)82-73-74(72-81-75(78)69-66-63-60-57-54-51-27-24-21-18-15-12-9-6-3)83-77(80)71-68-65-62-59-56-53-50-48-46-43-35-33-31-29-26-23-20-17-14-11-8-5-2/h24,27,74H,4-23,25-26,28-73H2,1-3H3/b27-24-. The molecule has 0 heterocycles. The number of allylic oxidation sites excluding steroid dienone is 2. The summed E-state index contributed by atoms with van der Waals surface area (Å²) >= 11 is 0. The van der Waals surface area contributed by atoms with E-state index < -0.39 is 6.10 Å². The second-order valence-corrected chi connectivity index (χ2v) is 26.3. The van der Waals surface area contributed by atoms with Gasteiger partial charge in [-0.1, -0.05) is 392 Å². The van der Waals surface area contributed by atoms with Crippen LogP contribution in [0.25, 0.3) is 0 Å². The van der Waals surface area contributed by atoms with E-state index >= 15 is 0 Å². The molecular formula is C77H148O6. The average molecular weight is 1170 g/mol. The normalized spacial score (nSPS) is 12.0. The van der Waals surface area contributed by atoms with Crippen molar-refractivity contribution in [2.75, 3.05) is 13.2 Å². The van der Waals surface area contributed by atoms with Gasteiger partial charge in [0, 0.05) is 19.3 Å². The Balaban J connectivity index is 4.17. The smallest absolute Gasteiger partial charge is 0.306 e. The highest BCUT2D eigenvalue weighted by atomic mass is 16.6. The lowest BCUT2D eigenvalue weighted by Gasteiger charge is -2.18. The van der Waals surface area contributed by atoms with Gasteiger partial charge >= 0.3 is 17.9 Å². The fourth-order valence-electron chi connectivity index (χ4n) is 12.0. The van der Waals surface area contributed by atoms with Crippen molar-refractivity contribution in [3.63, 3.8) is 0 Å². The summed E-state index contributed by atoms with van der Waals surface area (Å²) in [4.78, 5) is 38.5. The molecule has 0 saturated carbocycles. The molecule has 6 nitrogen and oxygen atoms in total. The molecule has 0 aliphatic heterocycles. The molecule has 0 aromatic carbocycles. The van der Waals surface area contributed by atoms with Crippen LogP contribution in [-0.2, 0) is 28.6 Å². The number of carbonyl (C=O) groups is 3. The van der Waals surface area contributed by atoms with E-state index in [-0.39, 0.29) is 31.1 Å². The summed E-state index contributed by atoms with van der Waals surface area (Å²) in [5.41, 5.74) is 0. The van der Waals surface area contributed by atoms with E-state index in [0.717, 1.165) is 64.2 Å². The van der Waals surface area contributed by atoms with Crippen LogP contribution in [-0.4, -0.2) is 37.2 Å². The molecule has 0 rings (SSSR count). The molecule has 0 aliphatic rings. The summed E-state index contributed by atoms with van der Waals surface area (Å²) in [6.45, 7) is 6.73. The maximum atomic E-state index is 13.0. The SMILES string of the molecule is CCCCCCC/C=C\CCCCCCCC(=O)OCC(COC(=O)CCCCCCCCCCCCCCCCCCCCCCCCCCCCCCC)OC(=O)CCCCCCCCCCCCCCCCCCCCCCCC. The summed E-state index contributed by atoms with van der Waals surface area (Å²) in [5.74, 6) is -0.835. The lowest BCUT2D eigenvalue weighted by Crippen LogP contribution is -2.30. The van der Waals surface area contributed by atoms with Crippen LogP contribution in [0, 0.1) is 0 Å². The van der Waals surface area contributed by atoms with Crippen molar-refractivity contribution < 1.29 is 28.6 Å². The Hall–Kier alpha value is -1.85. The second kappa shape index (κ2) is 72.6. The number of esters is 3. The highest BCUT2D eigenvalue weighted by Crippen LogP contribution is 2.20. The lowest BCUT2D eigenvalue weighted by molar-refractivity contribution is -0.167. The molecule has 6 heteroatoms. The number of hydrogen-bond acceptors (Lipinski definition) is 6. The van der Waals surface area contributed by atoms with Crippen LogP contribution in [0.5, 0.6) is 0 Å². The summed E-state index contributed by atoms with van der Waals surface area (Å²) in [6.07, 6.45) is 88.4. The molecule has 0 aromatic heterocycles. The van der Waals surface area contributed by atoms with Crippen LogP contribution in [0.3, 0.4) is 0 Å². The largest absolute Gasteiger partial charge is 0.462 e. The van der Waals surface area contributed by atoms with E-state index in [0.29, 0.717) is 19.3 Å². The van der Waals surface area contributed by atoms with E-state index in [9.17, 15) is 14.4 Å². The predicted molar refractivity (Wildman–Crippen MR) is 363 cm³/mol. The zero-order chi connectivity index (χ0) is 59.9. The Morgan fingerprint density at radius 3 is 0.602 bits per heavy atom. The van der Waals surface area contributed by atoms with Crippen LogP contribution in [0.15, 0.2) is 12.2 Å². The zero-order valence-corrected chi connectivity index (χ0v) is 56.8. The quantitative estimate of drug-likeness (QED) is 0.0261. The highest BCUT2D eigenvalue weighted by Gasteiger charge is 2.20. The number of carbonyl (C=O) groups excluding carboxylic acids is 3. The molecule has 492 valence electrons. The van der Waals surface area contributed by atoms with Crippen LogP contribution >= 0.6 is 0 Å². The molecule has 0 bridgehead atoms. The van der Waals surface area contributed by atoms with E-state index in [4.69, 9.17) is 14.2 Å². The number of ether oxygens (including phenoxy) is 3. The van der Waals surface area contributed by atoms with Gasteiger partial charge in [0.25, 0.3) is 0 Å². The minimum atomic E-state index is -0.770. The van der Waals surface area contributed by atoms with Gasteiger partial charge in [-0.25, -0.2) is 0 Å². The van der Waals surface area contributed by atoms with E-state index in [1.54, 1.807) is 0 Å². The molecule has 1 atom stereocenters. The van der Waals surface area contributed by atoms with E-state index in [1.165, 1.54) is 340 Å². The van der Waals surface area contributed by atoms with Crippen molar-refractivity contribution in [3.05, 3.63) is 12.2 Å². The molecule has 0 aliphatic carbocycles. The van der Waals surface area contributed by atoms with Gasteiger partial charge in [0.05, 0.1) is 0 Å². The van der Waals surface area contributed by atoms with E-state index in [1.807, 2.05) is 0 Å². The van der Waals surface area contributed by atoms with Gasteiger partial charge < -0.3 is 14.2 Å². The van der Waals surface area contributed by atoms with Crippen molar-refractivity contribution in [3.8, 4) is 0 Å². The van der Waals surface area contributed by atoms with Crippen LogP contribution < -0.4 is 0 Å². The second-order valence-electron chi connectivity index (χ2n) is 26.3. The first-order chi connectivity index (χ1) is 41.0. The fourth-order valence-corrected chi connectivity index (χ4v) is 12.0. The van der Waals surface area contributed by atoms with Crippen molar-refractivity contribution in [1.29, 1.82) is 0 Å². The monoisotopic (exact) mass is 1170 g/mol. The molecule has 1 unspecified atom stereocenters. The van der Waals surface area contributed by atoms with E-state index in [2.05, 4.69) is 32.9 Å². The summed E-state index contributed by atoms with van der Waals surface area (Å²) < 4.78 is 17.0. The van der Waals surface area contributed by atoms with Gasteiger partial charge in [-0.2, -0.15) is 0 Å². The van der Waals surface area contributed by atoms with Gasteiger partial charge in [0.2, 0.25) is 0 Å². The molecule has 0 fully saturated rings. The van der Waals surface area contributed by atoms with Crippen LogP contribution in [0.2, 0.25) is 0 Å². The molecule has 0 radical (unpaired) electrons. The summed E-state index contributed by atoms with van der Waals surface area (Å²) in [6, 6.07) is 0.